The fourth-order valence-corrected chi connectivity index (χ4v) is 13.4. The van der Waals surface area contributed by atoms with Gasteiger partial charge in [0.1, 0.15) is 26.4 Å². The van der Waals surface area contributed by atoms with Crippen LogP contribution in [0.25, 0.3) is 30.6 Å². The topological polar surface area (TPSA) is 203 Å². The molecule has 1 aliphatic rings. The summed E-state index contributed by atoms with van der Waals surface area (Å²) in [4.78, 5) is 47.0. The van der Waals surface area contributed by atoms with Gasteiger partial charge in [-0.05, 0) is 58.4 Å². The summed E-state index contributed by atoms with van der Waals surface area (Å²) in [5.41, 5.74) is 4.21. The van der Waals surface area contributed by atoms with Gasteiger partial charge in [-0.3, -0.25) is 24.5 Å². The normalized spacial score (nSPS) is 13.7. The predicted molar refractivity (Wildman–Crippen MR) is 256 cm³/mol. The van der Waals surface area contributed by atoms with Crippen molar-refractivity contribution < 1.29 is 31.2 Å². The van der Waals surface area contributed by atoms with E-state index in [1.807, 2.05) is 35.5 Å². The minimum atomic E-state index is -3.89. The quantitative estimate of drug-likeness (QED) is 0.0911. The van der Waals surface area contributed by atoms with Crippen LogP contribution in [-0.4, -0.2) is 64.0 Å². The summed E-state index contributed by atoms with van der Waals surface area (Å²) in [5, 5.41) is 11.8. The lowest BCUT2D eigenvalue weighted by molar-refractivity contribution is -0.128. The molecule has 0 saturated carbocycles. The van der Waals surface area contributed by atoms with Gasteiger partial charge in [0.2, 0.25) is 15.9 Å². The molecule has 8 rings (SSSR count). The van der Waals surface area contributed by atoms with Crippen molar-refractivity contribution in [3.05, 3.63) is 102 Å². The summed E-state index contributed by atoms with van der Waals surface area (Å²) in [7, 11) is -7.62. The number of primary sulfonamides is 1. The SMILES string of the molecule is CC(=O)NS(=O)(=O)c1csc2c(Cl)cc(C)nc12.CC1(C)C(=O)N(Cl)C(=O)N1Cl.Cc1cc(Cl)c2scc(S(N)(=O)=O)c2n1.Cc1cc(Cl)c2scc(SCc3ccccc3)c2n1. The van der Waals surface area contributed by atoms with Crippen molar-refractivity contribution in [3.8, 4) is 0 Å². The van der Waals surface area contributed by atoms with E-state index < -0.39 is 43.4 Å². The number of nitrogens with two attached hydrogens (primary N) is 1. The van der Waals surface area contributed by atoms with E-state index in [0.29, 0.717) is 46.3 Å². The van der Waals surface area contributed by atoms with Gasteiger partial charge in [0.15, 0.2) is 0 Å². The zero-order valence-electron chi connectivity index (χ0n) is 33.6. The van der Waals surface area contributed by atoms with Crippen molar-refractivity contribution in [3.63, 3.8) is 0 Å². The van der Waals surface area contributed by atoms with Crippen LogP contribution in [0.5, 0.6) is 0 Å². The number of amides is 4. The summed E-state index contributed by atoms with van der Waals surface area (Å²) < 4.78 is 51.8. The number of aryl methyl sites for hydroxylation is 3. The van der Waals surface area contributed by atoms with Crippen LogP contribution >= 0.6 is 104 Å². The zero-order valence-corrected chi connectivity index (χ0v) is 42.2. The van der Waals surface area contributed by atoms with Gasteiger partial charge in [0, 0.05) is 74.3 Å². The lowest BCUT2D eigenvalue weighted by Gasteiger charge is -2.18. The molecule has 0 atom stereocenters. The molecule has 0 radical (unpaired) electrons. The Hall–Kier alpha value is -3.38. The summed E-state index contributed by atoms with van der Waals surface area (Å²) in [5.74, 6) is -0.202. The van der Waals surface area contributed by atoms with Crippen LogP contribution < -0.4 is 9.86 Å². The molecule has 63 heavy (non-hydrogen) atoms. The van der Waals surface area contributed by atoms with Gasteiger partial charge in [-0.15, -0.1) is 45.8 Å². The number of sulfonamides is 2. The van der Waals surface area contributed by atoms with E-state index in [-0.39, 0.29) is 9.79 Å². The Morgan fingerprint density at radius 1 is 0.762 bits per heavy atom. The number of thiophene rings is 3. The highest BCUT2D eigenvalue weighted by Gasteiger charge is 2.51. The Morgan fingerprint density at radius 2 is 1.21 bits per heavy atom. The van der Waals surface area contributed by atoms with Gasteiger partial charge in [0.05, 0.1) is 34.7 Å². The monoisotopic (exact) mass is 1070 g/mol. The average Bonchev–Trinajstić information content (AvgIpc) is 3.96. The smallest absolute Gasteiger partial charge is 0.274 e. The van der Waals surface area contributed by atoms with E-state index in [1.165, 1.54) is 57.7 Å². The Morgan fingerprint density at radius 3 is 1.63 bits per heavy atom. The number of imide groups is 1. The zero-order chi connectivity index (χ0) is 46.8. The molecule has 0 unspecified atom stereocenters. The number of aromatic nitrogens is 3. The van der Waals surface area contributed by atoms with Crippen LogP contribution in [0.2, 0.25) is 15.1 Å². The Balaban J connectivity index is 0.000000161. The van der Waals surface area contributed by atoms with Gasteiger partial charge >= 0.3 is 6.03 Å². The van der Waals surface area contributed by atoms with Crippen LogP contribution in [-0.2, 0) is 35.4 Å². The molecule has 1 saturated heterocycles. The van der Waals surface area contributed by atoms with Crippen LogP contribution in [0, 0.1) is 20.8 Å². The molecule has 7 heterocycles. The second kappa shape index (κ2) is 20.4. The average molecular weight is 1070 g/mol. The van der Waals surface area contributed by atoms with Gasteiger partial charge in [0.25, 0.3) is 15.9 Å². The van der Waals surface area contributed by atoms with Gasteiger partial charge < -0.3 is 0 Å². The highest BCUT2D eigenvalue weighted by atomic mass is 35.5. The number of hydrogen-bond acceptors (Lipinski definition) is 14. The van der Waals surface area contributed by atoms with Gasteiger partial charge in [-0.1, -0.05) is 65.1 Å². The summed E-state index contributed by atoms with van der Waals surface area (Å²) in [6.07, 6.45) is 0. The molecule has 1 fully saturated rings. The van der Waals surface area contributed by atoms with Crippen molar-refractivity contribution in [1.29, 1.82) is 0 Å². The van der Waals surface area contributed by atoms with Crippen LogP contribution in [0.3, 0.4) is 0 Å². The second-order valence-corrected chi connectivity index (χ2v) is 22.5. The number of nitrogens with zero attached hydrogens (tertiary/aromatic N) is 5. The number of hydrogen-bond donors (Lipinski definition) is 2. The third kappa shape index (κ3) is 11.9. The number of thioether (sulfide) groups is 1. The lowest BCUT2D eigenvalue weighted by Crippen LogP contribution is -2.38. The van der Waals surface area contributed by atoms with E-state index >= 15 is 0 Å². The van der Waals surface area contributed by atoms with Crippen molar-refractivity contribution in [1.82, 2.24) is 28.5 Å². The van der Waals surface area contributed by atoms with Crippen molar-refractivity contribution in [2.24, 2.45) is 5.14 Å². The van der Waals surface area contributed by atoms with E-state index in [2.05, 4.69) is 44.6 Å². The minimum Gasteiger partial charge on any atom is -0.274 e. The highest BCUT2D eigenvalue weighted by Crippen LogP contribution is 2.38. The molecule has 6 aromatic heterocycles. The second-order valence-electron chi connectivity index (χ2n) is 13.8. The number of carbonyl (C=O) groups is 3. The molecule has 0 spiro atoms. The molecule has 7 aromatic rings. The molecular weight excluding hydrogens is 1040 g/mol. The number of urea groups is 1. The maximum atomic E-state index is 11.9. The molecule has 25 heteroatoms. The summed E-state index contributed by atoms with van der Waals surface area (Å²) in [6, 6.07) is 15.0. The lowest BCUT2D eigenvalue weighted by atomic mass is 10.1. The van der Waals surface area contributed by atoms with Crippen molar-refractivity contribution >= 4 is 173 Å². The van der Waals surface area contributed by atoms with E-state index in [9.17, 15) is 31.2 Å². The van der Waals surface area contributed by atoms with Crippen LogP contribution in [0.1, 0.15) is 43.4 Å². The first-order valence-corrected chi connectivity index (χ1v) is 26.2. The molecular formula is C38H34Cl5N7O7S6. The van der Waals surface area contributed by atoms with Crippen molar-refractivity contribution in [2.75, 3.05) is 0 Å². The summed E-state index contributed by atoms with van der Waals surface area (Å²) in [6.45, 7) is 9.62. The number of pyridine rings is 3. The molecule has 0 aliphatic carbocycles. The van der Waals surface area contributed by atoms with Crippen molar-refractivity contribution in [2.45, 2.75) is 67.5 Å². The van der Waals surface area contributed by atoms with Gasteiger partial charge in [-0.2, -0.15) is 4.42 Å². The molecule has 0 bridgehead atoms. The molecule has 334 valence electrons. The number of fused-ring (bicyclic) bond motifs is 3. The van der Waals surface area contributed by atoms with E-state index in [4.69, 9.17) is 63.5 Å². The molecule has 1 aromatic carbocycles. The first-order valence-electron chi connectivity index (χ1n) is 17.7. The molecule has 14 nitrogen and oxygen atoms in total. The Labute approximate surface area is 404 Å². The fraction of sp³-hybridized carbons (Fsp3) is 0.211. The number of halogens is 5. The largest absolute Gasteiger partial charge is 0.357 e. The van der Waals surface area contributed by atoms with E-state index in [1.54, 1.807) is 37.3 Å². The minimum absolute atomic E-state index is 0.0247. The third-order valence-electron chi connectivity index (χ3n) is 8.36. The van der Waals surface area contributed by atoms with Crippen LogP contribution in [0.15, 0.2) is 79.4 Å². The van der Waals surface area contributed by atoms with E-state index in [0.717, 1.165) is 38.0 Å². The first kappa shape index (κ1) is 50.6. The Bertz CT molecular complexity index is 3110. The number of rotatable bonds is 6. The maximum absolute atomic E-state index is 11.9. The van der Waals surface area contributed by atoms with Gasteiger partial charge in [-0.25, -0.2) is 35.9 Å². The number of carbonyl (C=O) groups excluding carboxylic acids is 3. The number of benzene rings is 1. The third-order valence-corrected chi connectivity index (χ3v) is 17.4. The standard InChI is InChI=1S/C15H12ClNS2.C10H9ClN2O3S2.C8H7ClN2O2S2.C5H6Cl2N2O2/c1-10-7-12(16)15-14(17-10)13(9-19-15)18-8-11-5-3-2-4-6-11;1-5-3-7(11)10-9(12-5)8(4-17-10)18(15,16)13-6(2)14;1-4-2-5(9)8-7(11-4)6(3-14-8)15(10,12)13;1-5(2)3(10)8(6)4(11)9(5)7/h2-7,9H,8H2,1H3;3-4H,1-2H3,(H,13,14);2-3H,1H3,(H2,10,12,13);1-2H3. The molecule has 3 N–H and O–H groups in total. The molecule has 4 amide bonds. The maximum Gasteiger partial charge on any atom is 0.357 e. The Kier molecular flexibility index (Phi) is 16.4. The first-order chi connectivity index (χ1) is 29.3. The fourth-order valence-electron chi connectivity index (χ4n) is 5.41. The molecule has 1 aliphatic heterocycles. The summed E-state index contributed by atoms with van der Waals surface area (Å²) >= 11 is 34.9. The van der Waals surface area contributed by atoms with Crippen LogP contribution in [0.4, 0.5) is 4.79 Å². The number of nitrogens with one attached hydrogen (secondary N) is 1. The highest BCUT2D eigenvalue weighted by molar-refractivity contribution is 7.99. The predicted octanol–water partition coefficient (Wildman–Crippen LogP) is 10.9.